The molecule has 18 heavy (non-hydrogen) atoms. The molecule has 0 spiro atoms. The zero-order valence-electron chi connectivity index (χ0n) is 11.5. The number of phenolic OH excluding ortho intramolecular Hbond substituents is 1. The van der Waals surface area contributed by atoms with Gasteiger partial charge in [-0.2, -0.15) is 0 Å². The maximum Gasteiger partial charge on any atom is 0.115 e. The van der Waals surface area contributed by atoms with Crippen molar-refractivity contribution in [3.8, 4) is 5.75 Å². The van der Waals surface area contributed by atoms with Crippen molar-refractivity contribution in [1.29, 1.82) is 0 Å². The van der Waals surface area contributed by atoms with Crippen LogP contribution in [0.15, 0.2) is 24.3 Å². The van der Waals surface area contributed by atoms with Crippen LogP contribution in [0, 0.1) is 5.92 Å². The van der Waals surface area contributed by atoms with Crippen LogP contribution in [0.1, 0.15) is 57.6 Å². The highest BCUT2D eigenvalue weighted by molar-refractivity contribution is 5.29. The summed E-state index contributed by atoms with van der Waals surface area (Å²) in [7, 11) is 0. The van der Waals surface area contributed by atoms with Gasteiger partial charge in [0.2, 0.25) is 0 Å². The van der Waals surface area contributed by atoms with Gasteiger partial charge >= 0.3 is 0 Å². The molecule has 1 unspecified atom stereocenters. The first-order valence-corrected chi connectivity index (χ1v) is 7.22. The van der Waals surface area contributed by atoms with Crippen molar-refractivity contribution in [2.75, 3.05) is 0 Å². The minimum absolute atomic E-state index is 0.300. The molecule has 0 heterocycles. The van der Waals surface area contributed by atoms with E-state index >= 15 is 0 Å². The summed E-state index contributed by atoms with van der Waals surface area (Å²) in [6, 6.07) is 8.42. The van der Waals surface area contributed by atoms with Gasteiger partial charge in [-0.1, -0.05) is 31.4 Å². The molecule has 2 rings (SSSR count). The van der Waals surface area contributed by atoms with Crippen LogP contribution in [0.3, 0.4) is 0 Å². The molecular formula is C16H25NO. The summed E-state index contributed by atoms with van der Waals surface area (Å²) in [5.41, 5.74) is 1.16. The second-order valence-corrected chi connectivity index (χ2v) is 5.67. The molecule has 2 nitrogen and oxygen atoms in total. The summed E-state index contributed by atoms with van der Waals surface area (Å²) < 4.78 is 0. The fraction of sp³-hybridized carbons (Fsp3) is 0.625. The Balaban J connectivity index is 1.91. The van der Waals surface area contributed by atoms with Crippen molar-refractivity contribution in [2.45, 2.75) is 58.0 Å². The van der Waals surface area contributed by atoms with E-state index in [0.717, 1.165) is 11.5 Å². The van der Waals surface area contributed by atoms with Crippen molar-refractivity contribution in [3.63, 3.8) is 0 Å². The van der Waals surface area contributed by atoms with E-state index in [9.17, 15) is 5.11 Å². The predicted octanol–water partition coefficient (Wildman–Crippen LogP) is 4.01. The molecule has 0 radical (unpaired) electrons. The summed E-state index contributed by atoms with van der Waals surface area (Å²) in [6.07, 6.45) is 6.90. The van der Waals surface area contributed by atoms with Gasteiger partial charge in [-0.15, -0.1) is 0 Å². The van der Waals surface area contributed by atoms with E-state index in [2.05, 4.69) is 25.2 Å². The Bertz CT molecular complexity index is 371. The van der Waals surface area contributed by atoms with Gasteiger partial charge in [0.15, 0.2) is 0 Å². The van der Waals surface area contributed by atoms with Gasteiger partial charge in [-0.3, -0.25) is 0 Å². The van der Waals surface area contributed by atoms with Gasteiger partial charge in [0, 0.05) is 12.1 Å². The van der Waals surface area contributed by atoms with Crippen molar-refractivity contribution in [2.24, 2.45) is 5.92 Å². The van der Waals surface area contributed by atoms with Gasteiger partial charge in [0.25, 0.3) is 0 Å². The van der Waals surface area contributed by atoms with Crippen LogP contribution in [0.2, 0.25) is 0 Å². The number of nitrogens with one attached hydrogen (secondary N) is 1. The highest BCUT2D eigenvalue weighted by Crippen LogP contribution is 2.28. The van der Waals surface area contributed by atoms with Crippen molar-refractivity contribution >= 4 is 0 Å². The standard InChI is InChI=1S/C16H25NO/c1-12(14-7-4-3-5-8-14)17-13(2)15-9-6-10-16(18)11-15/h6,9-14,17-18H,3-5,7-8H2,1-2H3/t12-,13?/m1/s1. The average molecular weight is 247 g/mol. The summed E-state index contributed by atoms with van der Waals surface area (Å²) in [4.78, 5) is 0. The Kier molecular flexibility index (Phi) is 4.65. The monoisotopic (exact) mass is 247 g/mol. The predicted molar refractivity (Wildman–Crippen MR) is 75.7 cm³/mol. The Hall–Kier alpha value is -1.02. The van der Waals surface area contributed by atoms with Crippen LogP contribution in [-0.4, -0.2) is 11.1 Å². The molecule has 0 saturated heterocycles. The third-order valence-electron chi connectivity index (χ3n) is 4.24. The zero-order valence-corrected chi connectivity index (χ0v) is 11.5. The van der Waals surface area contributed by atoms with E-state index in [0.29, 0.717) is 17.8 Å². The molecule has 0 bridgehead atoms. The maximum absolute atomic E-state index is 9.52. The van der Waals surface area contributed by atoms with Gasteiger partial charge in [-0.25, -0.2) is 0 Å². The Morgan fingerprint density at radius 2 is 1.89 bits per heavy atom. The Morgan fingerprint density at radius 1 is 1.17 bits per heavy atom. The lowest BCUT2D eigenvalue weighted by molar-refractivity contribution is 0.268. The molecule has 0 aliphatic heterocycles. The molecule has 1 aromatic carbocycles. The first kappa shape index (κ1) is 13.4. The van der Waals surface area contributed by atoms with Gasteiger partial charge in [0.1, 0.15) is 5.75 Å². The molecule has 1 aliphatic carbocycles. The third kappa shape index (κ3) is 3.49. The minimum Gasteiger partial charge on any atom is -0.508 e. The van der Waals surface area contributed by atoms with E-state index in [4.69, 9.17) is 0 Å². The second kappa shape index (κ2) is 6.24. The molecule has 1 fully saturated rings. The summed E-state index contributed by atoms with van der Waals surface area (Å²) in [5.74, 6) is 1.17. The number of benzene rings is 1. The number of hydrogen-bond acceptors (Lipinski definition) is 2. The average Bonchev–Trinajstić information content (AvgIpc) is 2.39. The molecule has 0 aromatic heterocycles. The topological polar surface area (TPSA) is 32.3 Å². The molecule has 2 atom stereocenters. The smallest absolute Gasteiger partial charge is 0.115 e. The Morgan fingerprint density at radius 3 is 2.56 bits per heavy atom. The molecule has 0 amide bonds. The van der Waals surface area contributed by atoms with Crippen LogP contribution in [0.5, 0.6) is 5.75 Å². The largest absolute Gasteiger partial charge is 0.508 e. The number of phenols is 1. The molecule has 1 aromatic rings. The molecule has 1 aliphatic rings. The second-order valence-electron chi connectivity index (χ2n) is 5.67. The van der Waals surface area contributed by atoms with Crippen LogP contribution in [-0.2, 0) is 0 Å². The molecular weight excluding hydrogens is 222 g/mol. The fourth-order valence-electron chi connectivity index (χ4n) is 3.05. The normalized spacial score (nSPS) is 20.6. The maximum atomic E-state index is 9.52. The highest BCUT2D eigenvalue weighted by Gasteiger charge is 2.21. The molecule has 1 saturated carbocycles. The fourth-order valence-corrected chi connectivity index (χ4v) is 3.05. The van der Waals surface area contributed by atoms with Gasteiger partial charge < -0.3 is 10.4 Å². The minimum atomic E-state index is 0.300. The first-order chi connectivity index (χ1) is 8.66. The van der Waals surface area contributed by atoms with Gasteiger partial charge in [-0.05, 0) is 50.3 Å². The van der Waals surface area contributed by atoms with E-state index < -0.39 is 0 Å². The van der Waals surface area contributed by atoms with Crippen LogP contribution >= 0.6 is 0 Å². The lowest BCUT2D eigenvalue weighted by Gasteiger charge is -2.30. The van der Waals surface area contributed by atoms with E-state index in [1.54, 1.807) is 6.07 Å². The van der Waals surface area contributed by atoms with Crippen LogP contribution in [0.4, 0.5) is 0 Å². The lowest BCUT2D eigenvalue weighted by atomic mass is 9.84. The number of rotatable bonds is 4. The summed E-state index contributed by atoms with van der Waals surface area (Å²) in [6.45, 7) is 4.48. The van der Waals surface area contributed by atoms with E-state index in [1.165, 1.54) is 32.1 Å². The highest BCUT2D eigenvalue weighted by atomic mass is 16.3. The first-order valence-electron chi connectivity index (χ1n) is 7.22. The molecule has 2 N–H and O–H groups in total. The van der Waals surface area contributed by atoms with Crippen LogP contribution in [0.25, 0.3) is 0 Å². The van der Waals surface area contributed by atoms with Crippen molar-refractivity contribution < 1.29 is 5.11 Å². The summed E-state index contributed by atoms with van der Waals surface area (Å²) in [5, 5.41) is 13.2. The third-order valence-corrected chi connectivity index (χ3v) is 4.24. The number of hydrogen-bond donors (Lipinski definition) is 2. The van der Waals surface area contributed by atoms with Crippen molar-refractivity contribution in [1.82, 2.24) is 5.32 Å². The van der Waals surface area contributed by atoms with Gasteiger partial charge in [0.05, 0.1) is 0 Å². The van der Waals surface area contributed by atoms with E-state index in [1.807, 2.05) is 12.1 Å². The zero-order chi connectivity index (χ0) is 13.0. The SMILES string of the molecule is CC(N[C@H](C)C1CCCCC1)c1cccc(O)c1. The van der Waals surface area contributed by atoms with Crippen molar-refractivity contribution in [3.05, 3.63) is 29.8 Å². The molecule has 2 heteroatoms. The lowest BCUT2D eigenvalue weighted by Crippen LogP contribution is -2.36. The summed E-state index contributed by atoms with van der Waals surface area (Å²) >= 11 is 0. The van der Waals surface area contributed by atoms with Crippen LogP contribution < -0.4 is 5.32 Å². The molecule has 100 valence electrons. The van der Waals surface area contributed by atoms with E-state index in [-0.39, 0.29) is 0 Å². The quantitative estimate of drug-likeness (QED) is 0.842. The number of aromatic hydroxyl groups is 1. The Labute approximate surface area is 110 Å².